The highest BCUT2D eigenvalue weighted by atomic mass is 35.5. The van der Waals surface area contributed by atoms with Crippen molar-refractivity contribution < 1.29 is 9.21 Å². The second kappa shape index (κ2) is 4.50. The van der Waals surface area contributed by atoms with Gasteiger partial charge in [0.1, 0.15) is 11.8 Å². The summed E-state index contributed by atoms with van der Waals surface area (Å²) >= 11 is 5.98. The quantitative estimate of drug-likeness (QED) is 0.894. The van der Waals surface area contributed by atoms with Crippen molar-refractivity contribution in [2.24, 2.45) is 5.92 Å². The zero-order valence-electron chi connectivity index (χ0n) is 10.9. The lowest BCUT2D eigenvalue weighted by atomic mass is 10.0. The van der Waals surface area contributed by atoms with E-state index in [0.717, 1.165) is 18.4 Å². The summed E-state index contributed by atoms with van der Waals surface area (Å²) in [4.78, 5) is 12.3. The molecule has 1 amide bonds. The Labute approximate surface area is 121 Å². The number of hydrogen-bond donors (Lipinski definition) is 2. The molecule has 104 valence electrons. The number of benzene rings is 1. The predicted molar refractivity (Wildman–Crippen MR) is 77.0 cm³/mol. The molecule has 4 nitrogen and oxygen atoms in total. The molecule has 3 atom stereocenters. The monoisotopic (exact) mass is 290 g/mol. The van der Waals surface area contributed by atoms with E-state index in [1.807, 2.05) is 6.07 Å². The second-order valence-corrected chi connectivity index (χ2v) is 6.12. The number of rotatable bonds is 2. The highest BCUT2D eigenvalue weighted by Gasteiger charge is 2.40. The number of hydrogen-bond acceptors (Lipinski definition) is 3. The molecule has 0 spiro atoms. The number of nitrogens with one attached hydrogen (secondary N) is 2. The predicted octanol–water partition coefficient (Wildman–Crippen LogP) is 2.57. The average molecular weight is 291 g/mol. The molecule has 1 aromatic heterocycles. The fourth-order valence-electron chi connectivity index (χ4n) is 3.40. The van der Waals surface area contributed by atoms with Gasteiger partial charge in [-0.1, -0.05) is 11.6 Å². The lowest BCUT2D eigenvalue weighted by Gasteiger charge is -2.23. The van der Waals surface area contributed by atoms with Gasteiger partial charge in [-0.25, -0.2) is 0 Å². The fraction of sp³-hybridized carbons (Fsp3) is 0.400. The van der Waals surface area contributed by atoms with Gasteiger partial charge in [0.05, 0.1) is 5.02 Å². The van der Waals surface area contributed by atoms with Crippen LogP contribution in [0, 0.1) is 5.92 Å². The third-order valence-electron chi connectivity index (χ3n) is 4.47. The molecule has 5 heteroatoms. The molecule has 3 unspecified atom stereocenters. The van der Waals surface area contributed by atoms with Crippen LogP contribution in [-0.4, -0.2) is 24.5 Å². The third kappa shape index (κ3) is 1.91. The SMILES string of the molecule is O=C(NC1CC2CC1CN2)c1ccc2c(Cl)coc2c1. The Balaban J connectivity index is 1.54. The van der Waals surface area contributed by atoms with Crippen LogP contribution in [0.4, 0.5) is 0 Å². The van der Waals surface area contributed by atoms with Gasteiger partial charge >= 0.3 is 0 Å². The molecule has 0 radical (unpaired) electrons. The molecule has 1 saturated heterocycles. The van der Waals surface area contributed by atoms with Crippen molar-refractivity contribution in [1.29, 1.82) is 0 Å². The molecule has 1 aromatic carbocycles. The van der Waals surface area contributed by atoms with Gasteiger partial charge in [-0.05, 0) is 37.0 Å². The number of carbonyl (C=O) groups excluding carboxylic acids is 1. The van der Waals surface area contributed by atoms with Crippen LogP contribution in [0.1, 0.15) is 23.2 Å². The molecular weight excluding hydrogens is 276 g/mol. The number of furan rings is 1. The Morgan fingerprint density at radius 1 is 1.40 bits per heavy atom. The molecule has 2 aliphatic rings. The minimum Gasteiger partial charge on any atom is -0.463 e. The van der Waals surface area contributed by atoms with Crippen LogP contribution in [0.5, 0.6) is 0 Å². The first-order valence-corrected chi connectivity index (χ1v) is 7.29. The molecule has 2 heterocycles. The van der Waals surface area contributed by atoms with Gasteiger partial charge in [0.2, 0.25) is 0 Å². The number of carbonyl (C=O) groups is 1. The second-order valence-electron chi connectivity index (χ2n) is 5.71. The minimum atomic E-state index is -0.0306. The standard InChI is InChI=1S/C15H15ClN2O2/c16-12-7-20-14-4-8(1-2-11(12)14)15(19)18-13-5-10-3-9(13)6-17-10/h1-2,4,7,9-10,13,17H,3,5-6H2,(H,18,19). The zero-order chi connectivity index (χ0) is 13.7. The molecule has 2 aromatic rings. The van der Waals surface area contributed by atoms with Crippen LogP contribution in [0.3, 0.4) is 0 Å². The first kappa shape index (κ1) is 12.2. The van der Waals surface area contributed by atoms with Gasteiger partial charge in [0.15, 0.2) is 0 Å². The molecule has 2 bridgehead atoms. The largest absolute Gasteiger partial charge is 0.463 e. The highest BCUT2D eigenvalue weighted by molar-refractivity contribution is 6.35. The average Bonchev–Trinajstić information content (AvgIpc) is 3.14. The van der Waals surface area contributed by atoms with Crippen LogP contribution in [0.15, 0.2) is 28.9 Å². The maximum atomic E-state index is 12.3. The van der Waals surface area contributed by atoms with Crippen molar-refractivity contribution in [3.05, 3.63) is 35.0 Å². The van der Waals surface area contributed by atoms with E-state index in [2.05, 4.69) is 10.6 Å². The lowest BCUT2D eigenvalue weighted by molar-refractivity contribution is 0.0925. The van der Waals surface area contributed by atoms with Gasteiger partial charge in [0, 0.05) is 29.6 Å². The number of fused-ring (bicyclic) bond motifs is 3. The molecular formula is C15H15ClN2O2. The van der Waals surface area contributed by atoms with Crippen molar-refractivity contribution in [1.82, 2.24) is 10.6 Å². The summed E-state index contributed by atoms with van der Waals surface area (Å²) in [6.07, 6.45) is 3.71. The van der Waals surface area contributed by atoms with Crippen molar-refractivity contribution in [2.75, 3.05) is 6.54 Å². The summed E-state index contributed by atoms with van der Waals surface area (Å²) in [7, 11) is 0. The van der Waals surface area contributed by atoms with Crippen LogP contribution in [0.2, 0.25) is 5.02 Å². The molecule has 2 fully saturated rings. The van der Waals surface area contributed by atoms with Gasteiger partial charge in [-0.15, -0.1) is 0 Å². The van der Waals surface area contributed by atoms with Gasteiger partial charge < -0.3 is 15.1 Å². The van der Waals surface area contributed by atoms with E-state index in [1.54, 1.807) is 12.1 Å². The zero-order valence-corrected chi connectivity index (χ0v) is 11.6. The molecule has 1 aliphatic carbocycles. The van der Waals surface area contributed by atoms with Crippen molar-refractivity contribution in [2.45, 2.75) is 24.9 Å². The first-order chi connectivity index (χ1) is 9.70. The summed E-state index contributed by atoms with van der Waals surface area (Å²) in [6.45, 7) is 1.02. The molecule has 1 saturated carbocycles. The van der Waals surface area contributed by atoms with Gasteiger partial charge in [-0.2, -0.15) is 0 Å². The Morgan fingerprint density at radius 2 is 2.30 bits per heavy atom. The number of halogens is 1. The maximum Gasteiger partial charge on any atom is 0.251 e. The summed E-state index contributed by atoms with van der Waals surface area (Å²) in [6, 6.07) is 6.26. The van der Waals surface area contributed by atoms with Crippen LogP contribution < -0.4 is 10.6 Å². The lowest BCUT2D eigenvalue weighted by Crippen LogP contribution is -2.44. The van der Waals surface area contributed by atoms with Gasteiger partial charge in [-0.3, -0.25) is 4.79 Å². The van der Waals surface area contributed by atoms with E-state index in [4.69, 9.17) is 16.0 Å². The summed E-state index contributed by atoms with van der Waals surface area (Å²) in [5.41, 5.74) is 1.27. The first-order valence-electron chi connectivity index (χ1n) is 6.92. The van der Waals surface area contributed by atoms with E-state index < -0.39 is 0 Å². The summed E-state index contributed by atoms with van der Waals surface area (Å²) < 4.78 is 5.34. The van der Waals surface area contributed by atoms with Crippen LogP contribution in [0.25, 0.3) is 11.0 Å². The molecule has 2 N–H and O–H groups in total. The summed E-state index contributed by atoms with van der Waals surface area (Å²) in [5.74, 6) is 0.544. The van der Waals surface area contributed by atoms with Crippen molar-refractivity contribution in [3.63, 3.8) is 0 Å². The van der Waals surface area contributed by atoms with Crippen LogP contribution in [-0.2, 0) is 0 Å². The van der Waals surface area contributed by atoms with E-state index in [1.165, 1.54) is 12.7 Å². The normalized spacial score (nSPS) is 28.1. The fourth-order valence-corrected chi connectivity index (χ4v) is 3.60. The summed E-state index contributed by atoms with van der Waals surface area (Å²) in [5, 5.41) is 8.00. The Hall–Kier alpha value is -1.52. The minimum absolute atomic E-state index is 0.0306. The highest BCUT2D eigenvalue weighted by Crippen LogP contribution is 2.31. The van der Waals surface area contributed by atoms with E-state index >= 15 is 0 Å². The maximum absolute atomic E-state index is 12.3. The van der Waals surface area contributed by atoms with E-state index in [9.17, 15) is 4.79 Å². The number of amides is 1. The topological polar surface area (TPSA) is 54.3 Å². The molecule has 20 heavy (non-hydrogen) atoms. The van der Waals surface area contributed by atoms with Crippen molar-refractivity contribution >= 4 is 28.5 Å². The van der Waals surface area contributed by atoms with Crippen LogP contribution >= 0.6 is 11.6 Å². The Morgan fingerprint density at radius 3 is 3.05 bits per heavy atom. The van der Waals surface area contributed by atoms with Gasteiger partial charge in [0.25, 0.3) is 5.91 Å². The molecule has 1 aliphatic heterocycles. The van der Waals surface area contributed by atoms with E-state index in [-0.39, 0.29) is 5.91 Å². The smallest absolute Gasteiger partial charge is 0.251 e. The molecule has 4 rings (SSSR count). The number of piperidine rings is 1. The Kier molecular flexibility index (Phi) is 2.75. The third-order valence-corrected chi connectivity index (χ3v) is 4.76. The van der Waals surface area contributed by atoms with E-state index in [0.29, 0.717) is 34.2 Å². The Bertz CT molecular complexity index is 682. The van der Waals surface area contributed by atoms with Crippen molar-refractivity contribution in [3.8, 4) is 0 Å².